The van der Waals surface area contributed by atoms with E-state index in [-0.39, 0.29) is 26.4 Å². The Morgan fingerprint density at radius 3 is 2.29 bits per heavy atom. The molecule has 0 unspecified atom stereocenters. The number of thiocarbonyl (C=S) groups is 1. The smallest absolute Gasteiger partial charge is 0.337 e. The lowest BCUT2D eigenvalue weighted by Crippen LogP contribution is -2.34. The van der Waals surface area contributed by atoms with E-state index in [0.29, 0.717) is 5.56 Å². The minimum absolute atomic E-state index is 0.00265. The monoisotopic (exact) mass is 446 g/mol. The molecule has 9 heteroatoms. The number of hydrogen-bond donors (Lipinski definition) is 3. The summed E-state index contributed by atoms with van der Waals surface area (Å²) in [4.78, 5) is 23.2. The molecule has 0 bridgehead atoms. The first-order chi connectivity index (χ1) is 11.3. The summed E-state index contributed by atoms with van der Waals surface area (Å²) in [6, 6.07) is 9.22. The molecule has 2 aromatic carbocycles. The first kappa shape index (κ1) is 18.7. The van der Waals surface area contributed by atoms with Gasteiger partial charge in [0.2, 0.25) is 0 Å². The third kappa shape index (κ3) is 4.67. The van der Waals surface area contributed by atoms with Crippen LogP contribution in [-0.2, 0) is 0 Å². The van der Waals surface area contributed by atoms with Gasteiger partial charge in [0.15, 0.2) is 5.11 Å². The summed E-state index contributed by atoms with van der Waals surface area (Å²) >= 11 is 20.1. The van der Waals surface area contributed by atoms with E-state index in [1.54, 1.807) is 24.3 Å². The number of carbonyl (C=O) groups excluding carboxylic acids is 1. The molecule has 2 aromatic rings. The minimum Gasteiger partial charge on any atom is -0.478 e. The molecule has 0 aliphatic rings. The van der Waals surface area contributed by atoms with Crippen LogP contribution in [0.5, 0.6) is 0 Å². The van der Waals surface area contributed by atoms with Gasteiger partial charge in [-0.15, -0.1) is 0 Å². The predicted molar refractivity (Wildman–Crippen MR) is 101 cm³/mol. The Morgan fingerprint density at radius 1 is 1.08 bits per heavy atom. The Hall–Kier alpha value is -1.67. The molecule has 2 rings (SSSR count). The van der Waals surface area contributed by atoms with Crippen molar-refractivity contribution in [2.45, 2.75) is 0 Å². The number of nitrogens with one attached hydrogen (secondary N) is 2. The number of carbonyl (C=O) groups is 2. The fourth-order valence-electron chi connectivity index (χ4n) is 1.74. The highest BCUT2D eigenvalue weighted by atomic mass is 79.9. The topological polar surface area (TPSA) is 78.4 Å². The Morgan fingerprint density at radius 2 is 1.71 bits per heavy atom. The fourth-order valence-corrected chi connectivity index (χ4v) is 2.72. The number of rotatable bonds is 3. The number of aromatic carboxylic acids is 1. The van der Waals surface area contributed by atoms with Crippen LogP contribution in [0.3, 0.4) is 0 Å². The van der Waals surface area contributed by atoms with Gasteiger partial charge in [0.05, 0.1) is 21.3 Å². The molecule has 5 nitrogen and oxygen atoms in total. The molecule has 24 heavy (non-hydrogen) atoms. The normalized spacial score (nSPS) is 10.1. The molecule has 0 saturated carbocycles. The molecule has 0 radical (unpaired) electrons. The van der Waals surface area contributed by atoms with Gasteiger partial charge in [0, 0.05) is 10.0 Å². The third-order valence-corrected chi connectivity index (χ3v) is 4.23. The van der Waals surface area contributed by atoms with Gasteiger partial charge < -0.3 is 10.4 Å². The summed E-state index contributed by atoms with van der Waals surface area (Å²) in [7, 11) is 0. The zero-order valence-electron chi connectivity index (χ0n) is 11.8. The standard InChI is InChI=1S/C15H9BrCl2N2O3S/c16-8-3-1-7(2-4-8)13(21)20-15(24)19-12-5-9(14(22)23)10(17)6-11(12)18/h1-6H,(H,22,23)(H2,19,20,21,24). The number of halogens is 3. The Labute approximate surface area is 161 Å². The van der Waals surface area contributed by atoms with E-state index >= 15 is 0 Å². The SMILES string of the molecule is O=C(NC(=S)Nc1cc(C(=O)O)c(Cl)cc1Cl)c1ccc(Br)cc1. The van der Waals surface area contributed by atoms with E-state index in [1.165, 1.54) is 12.1 Å². The quantitative estimate of drug-likeness (QED) is 0.600. The molecule has 0 aliphatic heterocycles. The lowest BCUT2D eigenvalue weighted by molar-refractivity contribution is 0.0697. The molecular formula is C15H9BrCl2N2O3S. The summed E-state index contributed by atoms with van der Waals surface area (Å²) in [6.07, 6.45) is 0. The van der Waals surface area contributed by atoms with Gasteiger partial charge in [-0.25, -0.2) is 4.79 Å². The first-order valence-electron chi connectivity index (χ1n) is 6.38. The van der Waals surface area contributed by atoms with Gasteiger partial charge in [-0.3, -0.25) is 10.1 Å². The van der Waals surface area contributed by atoms with Crippen LogP contribution in [0.4, 0.5) is 5.69 Å². The summed E-state index contributed by atoms with van der Waals surface area (Å²) in [6.45, 7) is 0. The summed E-state index contributed by atoms with van der Waals surface area (Å²) in [5.41, 5.74) is 0.501. The highest BCUT2D eigenvalue weighted by molar-refractivity contribution is 9.10. The first-order valence-corrected chi connectivity index (χ1v) is 8.34. The van der Waals surface area contributed by atoms with Gasteiger partial charge in [-0.05, 0) is 48.6 Å². The lowest BCUT2D eigenvalue weighted by atomic mass is 10.2. The van der Waals surface area contributed by atoms with Gasteiger partial charge in [-0.2, -0.15) is 0 Å². The van der Waals surface area contributed by atoms with Crippen molar-refractivity contribution in [1.29, 1.82) is 0 Å². The summed E-state index contributed by atoms with van der Waals surface area (Å²) in [5.74, 6) is -1.62. The second-order valence-corrected chi connectivity index (χ2v) is 6.67. The molecule has 0 fully saturated rings. The van der Waals surface area contributed by atoms with Crippen LogP contribution in [0.25, 0.3) is 0 Å². The Balaban J connectivity index is 2.12. The molecule has 0 heterocycles. The molecule has 0 saturated heterocycles. The fraction of sp³-hybridized carbons (Fsp3) is 0. The molecule has 0 spiro atoms. The highest BCUT2D eigenvalue weighted by Crippen LogP contribution is 2.29. The maximum absolute atomic E-state index is 12.1. The minimum atomic E-state index is -1.20. The third-order valence-electron chi connectivity index (χ3n) is 2.87. The summed E-state index contributed by atoms with van der Waals surface area (Å²) in [5, 5.41) is 14.4. The van der Waals surface area contributed by atoms with Crippen molar-refractivity contribution in [3.8, 4) is 0 Å². The second-order valence-electron chi connectivity index (χ2n) is 4.53. The predicted octanol–water partition coefficient (Wildman–Crippen LogP) is 4.58. The van der Waals surface area contributed by atoms with Crippen molar-refractivity contribution in [3.05, 3.63) is 62.0 Å². The number of anilines is 1. The van der Waals surface area contributed by atoms with Crippen molar-refractivity contribution in [2.24, 2.45) is 0 Å². The summed E-state index contributed by atoms with van der Waals surface area (Å²) < 4.78 is 0.842. The maximum Gasteiger partial charge on any atom is 0.337 e. The molecule has 124 valence electrons. The molecular weight excluding hydrogens is 439 g/mol. The molecule has 3 N–H and O–H groups in total. The van der Waals surface area contributed by atoms with Crippen molar-refractivity contribution in [3.63, 3.8) is 0 Å². The van der Waals surface area contributed by atoms with Crippen molar-refractivity contribution in [1.82, 2.24) is 5.32 Å². The van der Waals surface area contributed by atoms with Crippen LogP contribution in [0, 0.1) is 0 Å². The Kier molecular flexibility index (Phi) is 6.17. The number of benzene rings is 2. The van der Waals surface area contributed by atoms with E-state index in [2.05, 4.69) is 26.6 Å². The van der Waals surface area contributed by atoms with E-state index in [0.717, 1.165) is 4.47 Å². The lowest BCUT2D eigenvalue weighted by Gasteiger charge is -2.12. The van der Waals surface area contributed by atoms with Crippen LogP contribution >= 0.6 is 51.3 Å². The average Bonchev–Trinajstić information content (AvgIpc) is 2.50. The molecule has 0 atom stereocenters. The zero-order valence-corrected chi connectivity index (χ0v) is 15.7. The van der Waals surface area contributed by atoms with Crippen molar-refractivity contribution in [2.75, 3.05) is 5.32 Å². The molecule has 0 aliphatic carbocycles. The van der Waals surface area contributed by atoms with Gasteiger partial charge in [-0.1, -0.05) is 39.1 Å². The van der Waals surface area contributed by atoms with E-state index in [4.69, 9.17) is 40.5 Å². The van der Waals surface area contributed by atoms with Crippen LogP contribution in [0.2, 0.25) is 10.0 Å². The van der Waals surface area contributed by atoms with Crippen molar-refractivity contribution >= 4 is 74.0 Å². The van der Waals surface area contributed by atoms with Crippen LogP contribution in [0.1, 0.15) is 20.7 Å². The number of carboxylic acid groups (broad SMARTS) is 1. The molecule has 0 aromatic heterocycles. The maximum atomic E-state index is 12.1. The molecule has 1 amide bonds. The Bertz CT molecular complexity index is 828. The zero-order chi connectivity index (χ0) is 17.9. The van der Waals surface area contributed by atoms with Crippen LogP contribution in [-0.4, -0.2) is 22.1 Å². The number of carboxylic acids is 1. The van der Waals surface area contributed by atoms with Crippen molar-refractivity contribution < 1.29 is 14.7 Å². The number of amides is 1. The van der Waals surface area contributed by atoms with E-state index in [9.17, 15) is 9.59 Å². The van der Waals surface area contributed by atoms with Gasteiger partial charge in [0.1, 0.15) is 0 Å². The second kappa shape index (κ2) is 7.94. The largest absolute Gasteiger partial charge is 0.478 e. The highest BCUT2D eigenvalue weighted by Gasteiger charge is 2.15. The average molecular weight is 448 g/mol. The van der Waals surface area contributed by atoms with Crippen LogP contribution < -0.4 is 10.6 Å². The van der Waals surface area contributed by atoms with Gasteiger partial charge >= 0.3 is 5.97 Å². The number of hydrogen-bond acceptors (Lipinski definition) is 3. The van der Waals surface area contributed by atoms with E-state index in [1.807, 2.05) is 0 Å². The van der Waals surface area contributed by atoms with E-state index < -0.39 is 11.9 Å². The van der Waals surface area contributed by atoms with Crippen LogP contribution in [0.15, 0.2) is 40.9 Å². The van der Waals surface area contributed by atoms with Gasteiger partial charge in [0.25, 0.3) is 5.91 Å².